The van der Waals surface area contributed by atoms with Crippen LogP contribution in [0.15, 0.2) is 48.8 Å². The topological polar surface area (TPSA) is 19.4 Å². The van der Waals surface area contributed by atoms with Gasteiger partial charge < -0.3 is 0 Å². The van der Waals surface area contributed by atoms with Gasteiger partial charge in [0.05, 0.1) is 0 Å². The average Bonchev–Trinajstić information content (AvgIpc) is 2.56. The Balaban J connectivity index is 1.64. The molecule has 1 saturated heterocycles. The highest BCUT2D eigenvalue weighted by molar-refractivity contribution is 5.62. The van der Waals surface area contributed by atoms with Gasteiger partial charge in [-0.1, -0.05) is 24.3 Å². The molecule has 2 heterocycles. The van der Waals surface area contributed by atoms with Crippen LogP contribution in [0, 0.1) is 0 Å². The smallest absolute Gasteiger partial charge is 0.0346 e. The summed E-state index contributed by atoms with van der Waals surface area (Å²) in [6, 6.07) is 13.6. The molecule has 0 amide bonds. The lowest BCUT2D eigenvalue weighted by Gasteiger charge is -2.37. The maximum absolute atomic E-state index is 4.22. The third-order valence-electron chi connectivity index (χ3n) is 4.47. The third-order valence-corrected chi connectivity index (χ3v) is 4.47. The highest BCUT2D eigenvalue weighted by Crippen LogP contribution is 2.20. The van der Waals surface area contributed by atoms with E-state index in [-0.39, 0.29) is 0 Å². The van der Waals surface area contributed by atoms with Crippen molar-refractivity contribution >= 4 is 0 Å². The molecule has 0 bridgehead atoms. The summed E-state index contributed by atoms with van der Waals surface area (Å²) in [5.74, 6) is 0. The molecule has 1 aromatic heterocycles. The van der Waals surface area contributed by atoms with E-state index in [4.69, 9.17) is 0 Å². The molecular formula is C19H25N3. The van der Waals surface area contributed by atoms with Crippen LogP contribution in [-0.4, -0.2) is 47.0 Å². The summed E-state index contributed by atoms with van der Waals surface area (Å²) in [6.45, 7) is 10.3. The molecule has 2 aromatic rings. The Hall–Kier alpha value is -1.71. The summed E-state index contributed by atoms with van der Waals surface area (Å²) in [7, 11) is 0. The maximum atomic E-state index is 4.22. The molecule has 22 heavy (non-hydrogen) atoms. The maximum Gasteiger partial charge on any atom is 0.0346 e. The predicted molar refractivity (Wildman–Crippen MR) is 91.7 cm³/mol. The molecule has 1 aromatic carbocycles. The van der Waals surface area contributed by atoms with E-state index < -0.39 is 0 Å². The van der Waals surface area contributed by atoms with E-state index in [1.807, 2.05) is 18.5 Å². The summed E-state index contributed by atoms with van der Waals surface area (Å²) in [6.07, 6.45) is 3.75. The van der Waals surface area contributed by atoms with Crippen molar-refractivity contribution < 1.29 is 0 Å². The fraction of sp³-hybridized carbons (Fsp3) is 0.421. The molecule has 0 saturated carbocycles. The largest absolute Gasteiger partial charge is 0.298 e. The highest BCUT2D eigenvalue weighted by Gasteiger charge is 2.18. The molecule has 0 radical (unpaired) electrons. The van der Waals surface area contributed by atoms with Crippen molar-refractivity contribution in [2.75, 3.05) is 26.2 Å². The number of benzene rings is 1. The van der Waals surface area contributed by atoms with Crippen molar-refractivity contribution in [3.05, 3.63) is 54.4 Å². The van der Waals surface area contributed by atoms with E-state index in [0.717, 1.165) is 19.6 Å². The van der Waals surface area contributed by atoms with E-state index in [0.29, 0.717) is 6.04 Å². The first-order valence-electron chi connectivity index (χ1n) is 8.18. The molecule has 0 spiro atoms. The molecule has 1 aliphatic heterocycles. The van der Waals surface area contributed by atoms with Gasteiger partial charge in [0.2, 0.25) is 0 Å². The first kappa shape index (κ1) is 15.2. The van der Waals surface area contributed by atoms with E-state index in [1.54, 1.807) is 0 Å². The summed E-state index contributed by atoms with van der Waals surface area (Å²) in [4.78, 5) is 9.33. The van der Waals surface area contributed by atoms with Crippen LogP contribution in [0.3, 0.4) is 0 Å². The molecule has 116 valence electrons. The van der Waals surface area contributed by atoms with E-state index >= 15 is 0 Å². The summed E-state index contributed by atoms with van der Waals surface area (Å²) in [5.41, 5.74) is 3.83. The van der Waals surface area contributed by atoms with Crippen LogP contribution in [0.5, 0.6) is 0 Å². The van der Waals surface area contributed by atoms with Crippen LogP contribution in [-0.2, 0) is 6.54 Å². The van der Waals surface area contributed by atoms with Crippen molar-refractivity contribution in [3.63, 3.8) is 0 Å². The zero-order valence-electron chi connectivity index (χ0n) is 13.6. The molecule has 3 nitrogen and oxygen atoms in total. The highest BCUT2D eigenvalue weighted by atomic mass is 15.3. The van der Waals surface area contributed by atoms with Crippen molar-refractivity contribution in [3.8, 4) is 11.1 Å². The number of hydrogen-bond acceptors (Lipinski definition) is 3. The van der Waals surface area contributed by atoms with Crippen molar-refractivity contribution in [1.82, 2.24) is 14.8 Å². The molecule has 3 rings (SSSR count). The van der Waals surface area contributed by atoms with Gasteiger partial charge in [-0.05, 0) is 42.7 Å². The van der Waals surface area contributed by atoms with Crippen LogP contribution >= 0.6 is 0 Å². The monoisotopic (exact) mass is 295 g/mol. The molecule has 0 atom stereocenters. The summed E-state index contributed by atoms with van der Waals surface area (Å²) in [5, 5.41) is 0. The number of aromatic nitrogens is 1. The first-order valence-corrected chi connectivity index (χ1v) is 8.18. The average molecular weight is 295 g/mol. The van der Waals surface area contributed by atoms with Gasteiger partial charge in [-0.25, -0.2) is 0 Å². The number of piperazine rings is 1. The zero-order chi connectivity index (χ0) is 15.4. The molecular weight excluding hydrogens is 270 g/mol. The Morgan fingerprint density at radius 1 is 1.00 bits per heavy atom. The minimum atomic E-state index is 0.663. The molecule has 0 unspecified atom stereocenters. The van der Waals surface area contributed by atoms with Crippen LogP contribution in [0.4, 0.5) is 0 Å². The number of rotatable bonds is 4. The standard InChI is InChI=1S/C19H25N3/c1-16(2)22-11-9-21(10-12-22)15-17-5-3-6-18(13-17)19-7-4-8-20-14-19/h3-8,13-14,16H,9-12,15H2,1-2H3. The normalized spacial score (nSPS) is 17.0. The van der Waals surface area contributed by atoms with Gasteiger partial charge in [0, 0.05) is 51.2 Å². The Labute approximate surface area is 133 Å². The lowest BCUT2D eigenvalue weighted by atomic mass is 10.0. The summed E-state index contributed by atoms with van der Waals surface area (Å²) >= 11 is 0. The third kappa shape index (κ3) is 3.73. The molecule has 3 heteroatoms. The zero-order valence-corrected chi connectivity index (χ0v) is 13.6. The van der Waals surface area contributed by atoms with Crippen LogP contribution in [0.25, 0.3) is 11.1 Å². The second kappa shape index (κ2) is 7.03. The minimum absolute atomic E-state index is 0.663. The van der Waals surface area contributed by atoms with Gasteiger partial charge in [-0.2, -0.15) is 0 Å². The predicted octanol–water partition coefficient (Wildman–Crippen LogP) is 3.27. The van der Waals surface area contributed by atoms with Gasteiger partial charge in [-0.3, -0.25) is 14.8 Å². The SMILES string of the molecule is CC(C)N1CCN(Cc2cccc(-c3cccnc3)c2)CC1. The van der Waals surface area contributed by atoms with Crippen molar-refractivity contribution in [2.45, 2.75) is 26.4 Å². The van der Waals surface area contributed by atoms with Gasteiger partial charge in [0.25, 0.3) is 0 Å². The van der Waals surface area contributed by atoms with E-state index in [9.17, 15) is 0 Å². The van der Waals surface area contributed by atoms with Crippen LogP contribution in [0.1, 0.15) is 19.4 Å². The quantitative estimate of drug-likeness (QED) is 0.863. The molecule has 0 aliphatic carbocycles. The Kier molecular flexibility index (Phi) is 4.86. The fourth-order valence-electron chi connectivity index (χ4n) is 3.08. The van der Waals surface area contributed by atoms with Crippen LogP contribution < -0.4 is 0 Å². The van der Waals surface area contributed by atoms with E-state index in [1.165, 1.54) is 29.8 Å². The second-order valence-electron chi connectivity index (χ2n) is 6.35. The minimum Gasteiger partial charge on any atom is -0.298 e. The lowest BCUT2D eigenvalue weighted by molar-refractivity contribution is 0.104. The van der Waals surface area contributed by atoms with Crippen molar-refractivity contribution in [2.24, 2.45) is 0 Å². The van der Waals surface area contributed by atoms with E-state index in [2.05, 4.69) is 59.0 Å². The lowest BCUT2D eigenvalue weighted by Crippen LogP contribution is -2.48. The van der Waals surface area contributed by atoms with Gasteiger partial charge in [0.1, 0.15) is 0 Å². The Morgan fingerprint density at radius 2 is 1.77 bits per heavy atom. The second-order valence-corrected chi connectivity index (χ2v) is 6.35. The molecule has 0 N–H and O–H groups in total. The van der Waals surface area contributed by atoms with Gasteiger partial charge >= 0.3 is 0 Å². The van der Waals surface area contributed by atoms with Gasteiger partial charge in [0.15, 0.2) is 0 Å². The van der Waals surface area contributed by atoms with Crippen molar-refractivity contribution in [1.29, 1.82) is 0 Å². The number of nitrogens with zero attached hydrogens (tertiary/aromatic N) is 3. The Morgan fingerprint density at radius 3 is 2.45 bits per heavy atom. The molecule has 1 fully saturated rings. The first-order chi connectivity index (χ1) is 10.7. The Bertz CT molecular complexity index is 587. The fourth-order valence-corrected chi connectivity index (χ4v) is 3.08. The summed E-state index contributed by atoms with van der Waals surface area (Å²) < 4.78 is 0. The van der Waals surface area contributed by atoms with Gasteiger partial charge in [-0.15, -0.1) is 0 Å². The molecule has 1 aliphatic rings. The number of pyridine rings is 1. The number of hydrogen-bond donors (Lipinski definition) is 0. The van der Waals surface area contributed by atoms with Crippen LogP contribution in [0.2, 0.25) is 0 Å².